The Hall–Kier alpha value is -0.810. The van der Waals surface area contributed by atoms with E-state index in [0.717, 1.165) is 69.7 Å². The van der Waals surface area contributed by atoms with Crippen molar-refractivity contribution in [3.8, 4) is 0 Å². The van der Waals surface area contributed by atoms with E-state index in [4.69, 9.17) is 21.1 Å². The molecular formula is C16H23ClN2O2. The summed E-state index contributed by atoms with van der Waals surface area (Å²) in [7, 11) is 0. The molecule has 2 aliphatic rings. The molecule has 5 heteroatoms. The lowest BCUT2D eigenvalue weighted by Gasteiger charge is -2.37. The molecule has 1 aromatic rings. The lowest BCUT2D eigenvalue weighted by Crippen LogP contribution is -2.47. The third-order valence-electron chi connectivity index (χ3n) is 4.22. The molecule has 0 bridgehead atoms. The number of para-hydroxylation sites is 1. The monoisotopic (exact) mass is 310 g/mol. The van der Waals surface area contributed by atoms with Gasteiger partial charge in [0, 0.05) is 32.7 Å². The number of benzene rings is 1. The molecule has 1 aromatic carbocycles. The van der Waals surface area contributed by atoms with Crippen molar-refractivity contribution < 1.29 is 9.47 Å². The summed E-state index contributed by atoms with van der Waals surface area (Å²) in [6, 6.07) is 8.09. The lowest BCUT2D eigenvalue weighted by molar-refractivity contribution is -0.0927. The first-order chi connectivity index (χ1) is 10.3. The number of piperazine rings is 1. The van der Waals surface area contributed by atoms with Crippen LogP contribution in [0.25, 0.3) is 0 Å². The average Bonchev–Trinajstić information content (AvgIpc) is 2.55. The third kappa shape index (κ3) is 4.10. The van der Waals surface area contributed by atoms with Gasteiger partial charge >= 0.3 is 0 Å². The molecule has 2 saturated heterocycles. The van der Waals surface area contributed by atoms with Crippen molar-refractivity contribution in [3.63, 3.8) is 0 Å². The van der Waals surface area contributed by atoms with E-state index >= 15 is 0 Å². The van der Waals surface area contributed by atoms with Crippen LogP contribution < -0.4 is 4.90 Å². The predicted octanol–water partition coefficient (Wildman–Crippen LogP) is 2.27. The zero-order chi connectivity index (χ0) is 14.5. The maximum Gasteiger partial charge on any atom is 0.0821 e. The van der Waals surface area contributed by atoms with Crippen LogP contribution in [0.1, 0.15) is 6.42 Å². The molecule has 0 amide bonds. The van der Waals surface area contributed by atoms with Crippen LogP contribution in [0.15, 0.2) is 24.3 Å². The Morgan fingerprint density at radius 3 is 2.62 bits per heavy atom. The maximum absolute atomic E-state index is 6.27. The Labute approximate surface area is 131 Å². The highest BCUT2D eigenvalue weighted by molar-refractivity contribution is 6.33. The van der Waals surface area contributed by atoms with Gasteiger partial charge in [-0.15, -0.1) is 0 Å². The fraction of sp³-hybridized carbons (Fsp3) is 0.625. The standard InChI is InChI=1S/C16H23ClN2O2/c17-15-3-1-2-4-16(15)19-9-7-18(8-10-19)6-5-14-13-20-11-12-21-14/h1-4,14H,5-13H2. The molecule has 2 aliphatic heterocycles. The van der Waals surface area contributed by atoms with E-state index in [9.17, 15) is 0 Å². The lowest BCUT2D eigenvalue weighted by atomic mass is 10.2. The van der Waals surface area contributed by atoms with Gasteiger partial charge in [0.2, 0.25) is 0 Å². The van der Waals surface area contributed by atoms with E-state index < -0.39 is 0 Å². The van der Waals surface area contributed by atoms with Gasteiger partial charge in [-0.05, 0) is 18.6 Å². The zero-order valence-corrected chi connectivity index (χ0v) is 13.1. The second-order valence-electron chi connectivity index (χ2n) is 5.64. The zero-order valence-electron chi connectivity index (χ0n) is 12.3. The van der Waals surface area contributed by atoms with Gasteiger partial charge in [-0.25, -0.2) is 0 Å². The van der Waals surface area contributed by atoms with E-state index in [-0.39, 0.29) is 6.10 Å². The molecule has 1 atom stereocenters. The molecule has 1 unspecified atom stereocenters. The number of nitrogens with zero attached hydrogens (tertiary/aromatic N) is 2. The van der Waals surface area contributed by atoms with Crippen molar-refractivity contribution in [1.29, 1.82) is 0 Å². The Balaban J connectivity index is 1.43. The minimum atomic E-state index is 0.278. The average molecular weight is 311 g/mol. The van der Waals surface area contributed by atoms with Gasteiger partial charge in [-0.2, -0.15) is 0 Å². The van der Waals surface area contributed by atoms with Gasteiger partial charge in [0.15, 0.2) is 0 Å². The van der Waals surface area contributed by atoms with Crippen LogP contribution in [0.3, 0.4) is 0 Å². The number of rotatable bonds is 4. The SMILES string of the molecule is Clc1ccccc1N1CCN(CCC2COCCO2)CC1. The largest absolute Gasteiger partial charge is 0.376 e. The first-order valence-corrected chi connectivity index (χ1v) is 8.12. The van der Waals surface area contributed by atoms with Crippen LogP contribution >= 0.6 is 11.6 Å². The van der Waals surface area contributed by atoms with Crippen molar-refractivity contribution in [3.05, 3.63) is 29.3 Å². The Morgan fingerprint density at radius 1 is 1.10 bits per heavy atom. The summed E-state index contributed by atoms with van der Waals surface area (Å²) >= 11 is 6.27. The normalized spacial score (nSPS) is 24.2. The summed E-state index contributed by atoms with van der Waals surface area (Å²) in [5.41, 5.74) is 1.16. The van der Waals surface area contributed by atoms with Crippen LogP contribution in [0.5, 0.6) is 0 Å². The molecule has 3 rings (SSSR count). The van der Waals surface area contributed by atoms with Gasteiger partial charge in [0.05, 0.1) is 36.6 Å². The summed E-state index contributed by atoms with van der Waals surface area (Å²) in [5, 5.41) is 0.846. The minimum absolute atomic E-state index is 0.278. The molecule has 2 heterocycles. The van der Waals surface area contributed by atoms with Crippen LogP contribution in [-0.2, 0) is 9.47 Å². The summed E-state index contributed by atoms with van der Waals surface area (Å²) in [6.45, 7) is 7.55. The topological polar surface area (TPSA) is 24.9 Å². The molecule has 0 aromatic heterocycles. The van der Waals surface area contributed by atoms with Gasteiger partial charge in [0.1, 0.15) is 0 Å². The van der Waals surface area contributed by atoms with Gasteiger partial charge in [-0.3, -0.25) is 4.90 Å². The predicted molar refractivity (Wildman–Crippen MR) is 85.3 cm³/mol. The highest BCUT2D eigenvalue weighted by Crippen LogP contribution is 2.26. The van der Waals surface area contributed by atoms with E-state index in [1.54, 1.807) is 0 Å². The van der Waals surface area contributed by atoms with Crippen molar-refractivity contribution in [2.24, 2.45) is 0 Å². The van der Waals surface area contributed by atoms with Crippen LogP contribution in [0, 0.1) is 0 Å². The van der Waals surface area contributed by atoms with Crippen LogP contribution in [-0.4, -0.2) is 63.5 Å². The van der Waals surface area contributed by atoms with Gasteiger partial charge in [0.25, 0.3) is 0 Å². The molecule has 21 heavy (non-hydrogen) atoms. The molecule has 0 radical (unpaired) electrons. The fourth-order valence-corrected chi connectivity index (χ4v) is 3.21. The second-order valence-corrected chi connectivity index (χ2v) is 6.04. The quantitative estimate of drug-likeness (QED) is 0.852. The molecule has 0 saturated carbocycles. The summed E-state index contributed by atoms with van der Waals surface area (Å²) in [4.78, 5) is 4.88. The summed E-state index contributed by atoms with van der Waals surface area (Å²) < 4.78 is 11.1. The Kier molecular flexibility index (Phi) is 5.36. The van der Waals surface area contributed by atoms with Gasteiger partial charge in [-0.1, -0.05) is 23.7 Å². The number of ether oxygens (including phenoxy) is 2. The molecule has 2 fully saturated rings. The molecule has 4 nitrogen and oxygen atoms in total. The van der Waals surface area contributed by atoms with E-state index in [1.807, 2.05) is 18.2 Å². The minimum Gasteiger partial charge on any atom is -0.376 e. The molecule has 0 spiro atoms. The van der Waals surface area contributed by atoms with Crippen LogP contribution in [0.4, 0.5) is 5.69 Å². The smallest absolute Gasteiger partial charge is 0.0821 e. The van der Waals surface area contributed by atoms with E-state index in [0.29, 0.717) is 0 Å². The highest BCUT2D eigenvalue weighted by Gasteiger charge is 2.20. The first kappa shape index (κ1) is 15.1. The van der Waals surface area contributed by atoms with E-state index in [1.165, 1.54) is 0 Å². The van der Waals surface area contributed by atoms with Crippen LogP contribution in [0.2, 0.25) is 5.02 Å². The number of hydrogen-bond donors (Lipinski definition) is 0. The first-order valence-electron chi connectivity index (χ1n) is 7.74. The number of anilines is 1. The van der Waals surface area contributed by atoms with Crippen molar-refractivity contribution in [2.45, 2.75) is 12.5 Å². The van der Waals surface area contributed by atoms with E-state index in [2.05, 4.69) is 15.9 Å². The maximum atomic E-state index is 6.27. The molecular weight excluding hydrogens is 288 g/mol. The summed E-state index contributed by atoms with van der Waals surface area (Å²) in [6.07, 6.45) is 1.34. The molecule has 0 aliphatic carbocycles. The molecule has 0 N–H and O–H groups in total. The molecule has 116 valence electrons. The second kappa shape index (κ2) is 7.45. The number of halogens is 1. The van der Waals surface area contributed by atoms with Crippen molar-refractivity contribution in [1.82, 2.24) is 4.90 Å². The fourth-order valence-electron chi connectivity index (χ4n) is 2.95. The third-order valence-corrected chi connectivity index (χ3v) is 4.54. The Bertz CT molecular complexity index is 444. The highest BCUT2D eigenvalue weighted by atomic mass is 35.5. The number of hydrogen-bond acceptors (Lipinski definition) is 4. The Morgan fingerprint density at radius 2 is 1.90 bits per heavy atom. The van der Waals surface area contributed by atoms with Gasteiger partial charge < -0.3 is 14.4 Å². The summed E-state index contributed by atoms with van der Waals surface area (Å²) in [5.74, 6) is 0. The van der Waals surface area contributed by atoms with Crippen molar-refractivity contribution >= 4 is 17.3 Å². The van der Waals surface area contributed by atoms with Crippen molar-refractivity contribution in [2.75, 3.05) is 57.4 Å².